The molecule has 19 heteroatoms. The molecule has 5 rings (SSSR count). The van der Waals surface area contributed by atoms with Gasteiger partial charge in [0.25, 0.3) is 5.56 Å². The van der Waals surface area contributed by atoms with E-state index in [1.165, 1.54) is 23.8 Å². The maximum atomic E-state index is 13.1. The van der Waals surface area contributed by atoms with Gasteiger partial charge >= 0.3 is 20.0 Å². The van der Waals surface area contributed by atoms with Gasteiger partial charge in [-0.15, -0.1) is 0 Å². The van der Waals surface area contributed by atoms with Crippen LogP contribution in [0.3, 0.4) is 0 Å². The van der Waals surface area contributed by atoms with Crippen molar-refractivity contribution in [2.24, 2.45) is 0 Å². The lowest BCUT2D eigenvalue weighted by molar-refractivity contribution is -0.192. The predicted octanol–water partition coefficient (Wildman–Crippen LogP) is 3.01. The number of alkyl halides is 3. The van der Waals surface area contributed by atoms with Crippen LogP contribution in [-0.4, -0.2) is 73.0 Å². The molecular weight excluding hydrogens is 660 g/mol. The highest BCUT2D eigenvalue weighted by molar-refractivity contribution is 9.10. The minimum atomic E-state index is -5.08. The Hall–Kier alpha value is -2.83. The van der Waals surface area contributed by atoms with Gasteiger partial charge in [0.2, 0.25) is 5.95 Å². The normalized spacial score (nSPS) is 29.7. The second-order valence-electron chi connectivity index (χ2n) is 9.43. The van der Waals surface area contributed by atoms with E-state index in [2.05, 4.69) is 25.9 Å². The second kappa shape index (κ2) is 12.0. The number of nitrogens with zero attached hydrogens (tertiary/aromatic N) is 2. The van der Waals surface area contributed by atoms with Crippen LogP contribution < -0.4 is 11.3 Å². The molecule has 2 aromatic heterocycles. The van der Waals surface area contributed by atoms with Crippen molar-refractivity contribution in [2.45, 2.75) is 49.7 Å². The van der Waals surface area contributed by atoms with Crippen LogP contribution in [0.15, 0.2) is 45.8 Å². The number of carbonyl (C=O) groups is 1. The molecule has 230 valence electrons. The van der Waals surface area contributed by atoms with Crippen molar-refractivity contribution in [2.75, 3.05) is 18.9 Å². The quantitative estimate of drug-likeness (QED) is 0.246. The molecule has 2 aliphatic heterocycles. The van der Waals surface area contributed by atoms with Crippen molar-refractivity contribution >= 4 is 46.7 Å². The van der Waals surface area contributed by atoms with Crippen LogP contribution in [0.5, 0.6) is 0 Å². The predicted molar refractivity (Wildman–Crippen MR) is 141 cm³/mol. The monoisotopic (exact) mass is 684 g/mol. The Morgan fingerprint density at radius 3 is 2.71 bits per heavy atom. The third-order valence-corrected chi connectivity index (χ3v) is 8.32. The molecule has 0 radical (unpaired) electrons. The van der Waals surface area contributed by atoms with E-state index in [1.807, 2.05) is 24.3 Å². The Morgan fingerprint density at radius 1 is 1.38 bits per heavy atom. The summed E-state index contributed by atoms with van der Waals surface area (Å²) in [6.07, 6.45) is -7.25. The number of ether oxygens (including phenoxy) is 1. The number of aliphatic carboxylic acids is 1. The number of carboxylic acids is 1. The third-order valence-electron chi connectivity index (χ3n) is 6.35. The van der Waals surface area contributed by atoms with Gasteiger partial charge in [0.1, 0.15) is 17.8 Å². The first kappa shape index (κ1) is 32.1. The van der Waals surface area contributed by atoms with Gasteiger partial charge in [-0.3, -0.25) is 23.3 Å². The molecule has 0 bridgehead atoms. The molecule has 6 N–H and O–H groups in total. The molecule has 0 saturated carbocycles. The minimum Gasteiger partial charge on any atom is -0.475 e. The SMILES string of the molecule is C[C@@]1(O)[C@H](O)[C@@H](CO[P@@]2(=O)OCC[C@@H](c3cccc(Br)c3)O2)O[C@H]1n1ccc2c(=O)[nH]c(N)nc21.O=C(O)C(F)(F)F. The molecule has 4 heterocycles. The number of anilines is 1. The van der Waals surface area contributed by atoms with E-state index in [4.69, 9.17) is 33.9 Å². The third kappa shape index (κ3) is 6.86. The smallest absolute Gasteiger partial charge is 0.475 e. The van der Waals surface area contributed by atoms with Gasteiger partial charge < -0.3 is 30.4 Å². The van der Waals surface area contributed by atoms with Gasteiger partial charge in [-0.2, -0.15) is 18.2 Å². The van der Waals surface area contributed by atoms with Crippen molar-refractivity contribution in [1.82, 2.24) is 14.5 Å². The van der Waals surface area contributed by atoms with Gasteiger partial charge in [0.05, 0.1) is 24.7 Å². The second-order valence-corrected chi connectivity index (χ2v) is 12.0. The summed E-state index contributed by atoms with van der Waals surface area (Å²) in [6, 6.07) is 8.92. The summed E-state index contributed by atoms with van der Waals surface area (Å²) in [7, 11) is -3.97. The van der Waals surface area contributed by atoms with E-state index < -0.39 is 55.7 Å². The zero-order valence-corrected chi connectivity index (χ0v) is 24.0. The maximum absolute atomic E-state index is 13.1. The summed E-state index contributed by atoms with van der Waals surface area (Å²) < 4.78 is 69.5. The van der Waals surface area contributed by atoms with Crippen molar-refractivity contribution < 1.29 is 56.2 Å². The first-order valence-electron chi connectivity index (χ1n) is 12.1. The highest BCUT2D eigenvalue weighted by Gasteiger charge is 2.54. The van der Waals surface area contributed by atoms with Gasteiger partial charge in [-0.05, 0) is 30.7 Å². The number of hydrogen-bond donors (Lipinski definition) is 5. The lowest BCUT2D eigenvalue weighted by atomic mass is 9.96. The number of carboxylic acid groups (broad SMARTS) is 1. The molecule has 1 aromatic carbocycles. The number of aromatic nitrogens is 3. The number of nitrogens with two attached hydrogens (primary N) is 1. The number of nitrogens with one attached hydrogen (secondary N) is 1. The van der Waals surface area contributed by atoms with Crippen LogP contribution in [0.25, 0.3) is 11.0 Å². The fourth-order valence-corrected chi connectivity index (χ4v) is 6.11. The molecule has 42 heavy (non-hydrogen) atoms. The first-order chi connectivity index (χ1) is 19.5. The van der Waals surface area contributed by atoms with Crippen molar-refractivity contribution in [3.63, 3.8) is 0 Å². The summed E-state index contributed by atoms with van der Waals surface area (Å²) in [5, 5.41) is 29.2. The Morgan fingerprint density at radius 2 is 2.07 bits per heavy atom. The van der Waals surface area contributed by atoms with E-state index in [-0.39, 0.29) is 30.2 Å². The molecule has 6 atom stereocenters. The largest absolute Gasteiger partial charge is 0.490 e. The Kier molecular flexibility index (Phi) is 9.20. The van der Waals surface area contributed by atoms with Gasteiger partial charge in [-0.25, -0.2) is 9.36 Å². The minimum absolute atomic E-state index is 0.106. The van der Waals surface area contributed by atoms with Gasteiger partial charge in [-0.1, -0.05) is 28.1 Å². The van der Waals surface area contributed by atoms with Crippen LogP contribution in [0.4, 0.5) is 19.1 Å². The van der Waals surface area contributed by atoms with Crippen molar-refractivity contribution in [1.29, 1.82) is 0 Å². The van der Waals surface area contributed by atoms with E-state index in [0.717, 1.165) is 10.0 Å². The zero-order valence-electron chi connectivity index (χ0n) is 21.5. The number of hydrogen-bond acceptors (Lipinski definition) is 11. The summed E-state index contributed by atoms with van der Waals surface area (Å²) in [5.74, 6) is -2.86. The van der Waals surface area contributed by atoms with Gasteiger partial charge in [0, 0.05) is 17.1 Å². The molecule has 0 amide bonds. The lowest BCUT2D eigenvalue weighted by Crippen LogP contribution is -2.44. The van der Waals surface area contributed by atoms with E-state index in [9.17, 15) is 32.7 Å². The number of H-pyrrole nitrogens is 1. The molecule has 0 unspecified atom stereocenters. The van der Waals surface area contributed by atoms with Crippen LogP contribution >= 0.6 is 23.8 Å². The Bertz CT molecular complexity index is 1570. The van der Waals surface area contributed by atoms with E-state index >= 15 is 0 Å². The summed E-state index contributed by atoms with van der Waals surface area (Å²) in [6.45, 7) is 1.15. The molecule has 2 fully saturated rings. The Labute approximate surface area is 242 Å². The topological polar surface area (TPSA) is 208 Å². The van der Waals surface area contributed by atoms with Crippen LogP contribution in [0.2, 0.25) is 0 Å². The molecule has 0 aliphatic carbocycles. The number of phosphoric acid groups is 1. The fourth-order valence-electron chi connectivity index (χ4n) is 4.30. The molecule has 2 aliphatic rings. The average Bonchev–Trinajstić information content (AvgIpc) is 3.40. The Balaban J connectivity index is 0.000000517. The highest BCUT2D eigenvalue weighted by Crippen LogP contribution is 2.57. The number of rotatable bonds is 5. The number of aliphatic hydroxyl groups excluding tert-OH is 1. The number of aromatic amines is 1. The molecule has 0 spiro atoms. The lowest BCUT2D eigenvalue weighted by Gasteiger charge is -2.30. The number of benzene rings is 1. The highest BCUT2D eigenvalue weighted by atomic mass is 79.9. The van der Waals surface area contributed by atoms with Crippen molar-refractivity contribution in [3.8, 4) is 0 Å². The average molecular weight is 685 g/mol. The van der Waals surface area contributed by atoms with Gasteiger partial charge in [0.15, 0.2) is 11.9 Å². The maximum Gasteiger partial charge on any atom is 0.490 e. The summed E-state index contributed by atoms with van der Waals surface area (Å²) in [5.41, 5.74) is 4.40. The molecule has 2 saturated heterocycles. The van der Waals surface area contributed by atoms with Crippen LogP contribution in [-0.2, 0) is 27.7 Å². The molecule has 3 aromatic rings. The molecular formula is C23H25BrF3N4O10P. The van der Waals surface area contributed by atoms with E-state index in [1.54, 1.807) is 0 Å². The zero-order chi connectivity index (χ0) is 31.0. The van der Waals surface area contributed by atoms with Crippen LogP contribution in [0.1, 0.15) is 31.2 Å². The number of halogens is 4. The van der Waals surface area contributed by atoms with E-state index in [0.29, 0.717) is 6.42 Å². The van der Waals surface area contributed by atoms with Crippen LogP contribution in [0, 0.1) is 0 Å². The number of nitrogen functional groups attached to an aromatic ring is 1. The fraction of sp³-hybridized carbons (Fsp3) is 0.435. The number of aliphatic hydroxyl groups is 2. The molecule has 14 nitrogen and oxygen atoms in total. The summed E-state index contributed by atoms with van der Waals surface area (Å²) >= 11 is 3.41. The summed E-state index contributed by atoms with van der Waals surface area (Å²) in [4.78, 5) is 27.6. The number of fused-ring (bicyclic) bond motifs is 1. The first-order valence-corrected chi connectivity index (χ1v) is 14.3. The standard InChI is InChI=1S/C21H24BrN4O8P.C2HF3O2/c1-21(29)16(27)15(33-19(21)26-7-5-13-17(26)24-20(23)25-18(13)28)10-32-35(30)31-8-6-14(34-35)11-3-2-4-12(22)9-11;3-2(4,5)1(6)7/h2-5,7,9,14-16,19,27,29H,6,8,10H2,1H3,(H3,23,24,25,28);(H,6,7)/t14-,15+,16+,19+,21+,35+;/m0./s1. The number of phosphoric ester groups is 1. The van der Waals surface area contributed by atoms with Crippen molar-refractivity contribution in [3.05, 3.63) is 56.9 Å².